The Bertz CT molecular complexity index is 1010. The summed E-state index contributed by atoms with van der Waals surface area (Å²) in [6, 6.07) is -0.891. The number of aliphatic hydroxyl groups excluding tert-OH is 1. The molecule has 0 aromatic carbocycles. The third kappa shape index (κ3) is 38.5. The molecule has 1 amide bonds. The monoisotopic (exact) mass is 767 g/mol. The lowest BCUT2D eigenvalue weighted by Crippen LogP contribution is -2.45. The van der Waals surface area contributed by atoms with Crippen LogP contribution in [0.25, 0.3) is 0 Å². The summed E-state index contributed by atoms with van der Waals surface area (Å²) < 4.78 is 23.2. The van der Waals surface area contributed by atoms with E-state index in [1.54, 1.807) is 6.08 Å². The van der Waals surface area contributed by atoms with Crippen LogP contribution in [-0.2, 0) is 18.4 Å². The minimum Gasteiger partial charge on any atom is -0.756 e. The smallest absolute Gasteiger partial charge is 0.268 e. The summed E-state index contributed by atoms with van der Waals surface area (Å²) in [4.78, 5) is 25.3. The zero-order valence-electron chi connectivity index (χ0n) is 35.0. The second-order valence-electron chi connectivity index (χ2n) is 15.7. The lowest BCUT2D eigenvalue weighted by Gasteiger charge is -2.29. The maximum atomic E-state index is 12.8. The molecule has 0 saturated carbocycles. The Morgan fingerprint density at radius 3 is 1.68 bits per heavy atom. The highest BCUT2D eigenvalue weighted by Gasteiger charge is 2.23. The Morgan fingerprint density at radius 2 is 1.15 bits per heavy atom. The summed E-state index contributed by atoms with van der Waals surface area (Å²) in [5.41, 5.74) is 0. The molecule has 2 N–H and O–H groups in total. The summed E-state index contributed by atoms with van der Waals surface area (Å²) in [6.45, 7) is 4.51. The highest BCUT2D eigenvalue weighted by Crippen LogP contribution is 2.38. The van der Waals surface area contributed by atoms with Crippen molar-refractivity contribution in [2.75, 3.05) is 40.9 Å². The fraction of sp³-hybridized carbons (Fsp3) is 0.795. The number of amides is 1. The van der Waals surface area contributed by atoms with Gasteiger partial charge in [0, 0.05) is 6.42 Å². The molecule has 3 atom stereocenters. The number of carbonyl (C=O) groups excluding carboxylic acids is 1. The van der Waals surface area contributed by atoms with E-state index in [0.717, 1.165) is 70.6 Å². The molecule has 310 valence electrons. The van der Waals surface area contributed by atoms with E-state index < -0.39 is 20.0 Å². The van der Waals surface area contributed by atoms with Gasteiger partial charge in [0.15, 0.2) is 0 Å². The van der Waals surface area contributed by atoms with Crippen LogP contribution in [0.5, 0.6) is 0 Å². The standard InChI is InChI=1S/C44H83N2O6P/c1-6-8-10-12-14-16-18-20-22-23-24-26-28-30-32-34-36-38-44(48)45-42(41-52-53(49,50)51-40-39-46(3,4)5)43(47)37-35-33-31-29-27-25-21-19-17-15-13-11-9-7-2/h8,10,14,16,20,22,35,37,42-43,47H,6-7,9,11-13,15,17-19,21,23-34,36,38-41H2,1-5H3,(H-,45,48,49,50)/b10-8-,16-14-,22-20-,37-35+. The van der Waals surface area contributed by atoms with Crippen molar-refractivity contribution in [1.82, 2.24) is 5.32 Å². The van der Waals surface area contributed by atoms with Crippen LogP contribution >= 0.6 is 7.82 Å². The predicted octanol–water partition coefficient (Wildman–Crippen LogP) is 11.1. The molecule has 0 saturated heterocycles. The Balaban J connectivity index is 4.47. The van der Waals surface area contributed by atoms with Crippen LogP contribution in [0.15, 0.2) is 48.6 Å². The summed E-state index contributed by atoms with van der Waals surface area (Å²) in [5, 5.41) is 13.7. The van der Waals surface area contributed by atoms with Gasteiger partial charge >= 0.3 is 0 Å². The molecular weight excluding hydrogens is 683 g/mol. The van der Waals surface area contributed by atoms with E-state index in [1.165, 1.54) is 83.5 Å². The number of allylic oxidation sites excluding steroid dienone is 7. The average Bonchev–Trinajstić information content (AvgIpc) is 3.10. The molecule has 0 aliphatic carbocycles. The van der Waals surface area contributed by atoms with Gasteiger partial charge in [0.05, 0.1) is 39.9 Å². The maximum absolute atomic E-state index is 12.8. The largest absolute Gasteiger partial charge is 0.756 e. The number of nitrogens with one attached hydrogen (secondary N) is 1. The molecular formula is C44H83N2O6P. The fourth-order valence-electron chi connectivity index (χ4n) is 5.87. The second kappa shape index (κ2) is 36.1. The van der Waals surface area contributed by atoms with E-state index in [2.05, 4.69) is 55.6 Å². The van der Waals surface area contributed by atoms with Gasteiger partial charge in [0.2, 0.25) is 5.91 Å². The maximum Gasteiger partial charge on any atom is 0.268 e. The van der Waals surface area contributed by atoms with Gasteiger partial charge in [-0.05, 0) is 51.4 Å². The zero-order valence-corrected chi connectivity index (χ0v) is 35.8. The average molecular weight is 767 g/mol. The highest BCUT2D eigenvalue weighted by molar-refractivity contribution is 7.45. The van der Waals surface area contributed by atoms with Crippen molar-refractivity contribution in [3.63, 3.8) is 0 Å². The SMILES string of the molecule is CC/C=C\C/C=C\C/C=C\CCCCCCCCCC(=O)NC(COP(=O)([O-])OCC[N+](C)(C)C)C(O)/C=C/CCCCCCCCCCCCCC. The molecule has 0 radical (unpaired) electrons. The number of unbranched alkanes of at least 4 members (excludes halogenated alkanes) is 19. The molecule has 0 heterocycles. The van der Waals surface area contributed by atoms with Crippen molar-refractivity contribution in [1.29, 1.82) is 0 Å². The number of hydrogen-bond donors (Lipinski definition) is 2. The molecule has 3 unspecified atom stereocenters. The van der Waals surface area contributed by atoms with E-state index in [-0.39, 0.29) is 19.1 Å². The fourth-order valence-corrected chi connectivity index (χ4v) is 6.59. The van der Waals surface area contributed by atoms with E-state index in [1.807, 2.05) is 27.2 Å². The number of phosphoric ester groups is 1. The minimum absolute atomic E-state index is 0.00466. The second-order valence-corrected chi connectivity index (χ2v) is 17.1. The summed E-state index contributed by atoms with van der Waals surface area (Å²) in [5.74, 6) is -0.210. The molecule has 0 aromatic rings. The Labute approximate surface area is 327 Å². The predicted molar refractivity (Wildman–Crippen MR) is 224 cm³/mol. The third-order valence-electron chi connectivity index (χ3n) is 9.29. The molecule has 0 spiro atoms. The molecule has 0 bridgehead atoms. The topological polar surface area (TPSA) is 108 Å². The lowest BCUT2D eigenvalue weighted by atomic mass is 10.0. The lowest BCUT2D eigenvalue weighted by molar-refractivity contribution is -0.870. The van der Waals surface area contributed by atoms with E-state index in [0.29, 0.717) is 17.4 Å². The van der Waals surface area contributed by atoms with Crippen molar-refractivity contribution in [3.05, 3.63) is 48.6 Å². The van der Waals surface area contributed by atoms with Crippen molar-refractivity contribution < 1.29 is 32.9 Å². The number of phosphoric acid groups is 1. The number of aliphatic hydroxyl groups is 1. The van der Waals surface area contributed by atoms with Crippen molar-refractivity contribution >= 4 is 13.7 Å². The number of hydrogen-bond acceptors (Lipinski definition) is 6. The van der Waals surface area contributed by atoms with Gasteiger partial charge in [-0.2, -0.15) is 0 Å². The number of likely N-dealkylation sites (N-methyl/N-ethyl adjacent to an activating group) is 1. The van der Waals surface area contributed by atoms with E-state index in [4.69, 9.17) is 9.05 Å². The van der Waals surface area contributed by atoms with Gasteiger partial charge in [-0.3, -0.25) is 9.36 Å². The first kappa shape index (κ1) is 51.5. The summed E-state index contributed by atoms with van der Waals surface area (Å²) >= 11 is 0. The molecule has 0 aliphatic heterocycles. The molecule has 0 aliphatic rings. The van der Waals surface area contributed by atoms with Gasteiger partial charge in [0.1, 0.15) is 13.2 Å². The Morgan fingerprint density at radius 1 is 0.679 bits per heavy atom. The molecule has 0 fully saturated rings. The number of quaternary nitrogens is 1. The van der Waals surface area contributed by atoms with Crippen LogP contribution in [0.2, 0.25) is 0 Å². The Kier molecular flexibility index (Phi) is 35.1. The van der Waals surface area contributed by atoms with E-state index in [9.17, 15) is 19.4 Å². The Hall–Kier alpha value is -1.54. The van der Waals surface area contributed by atoms with Crippen LogP contribution in [-0.4, -0.2) is 68.5 Å². The van der Waals surface area contributed by atoms with Gasteiger partial charge < -0.3 is 28.8 Å². The summed E-state index contributed by atoms with van der Waals surface area (Å²) in [6.07, 6.45) is 44.3. The van der Waals surface area contributed by atoms with Crippen LogP contribution in [0.1, 0.15) is 174 Å². The van der Waals surface area contributed by atoms with Gasteiger partial charge in [0.25, 0.3) is 7.82 Å². The van der Waals surface area contributed by atoms with Crippen molar-refractivity contribution in [3.8, 4) is 0 Å². The number of rotatable bonds is 38. The van der Waals surface area contributed by atoms with Crippen molar-refractivity contribution in [2.24, 2.45) is 0 Å². The molecule has 0 rings (SSSR count). The summed E-state index contributed by atoms with van der Waals surface area (Å²) in [7, 11) is 1.25. The normalized spacial score (nSPS) is 14.9. The minimum atomic E-state index is -4.59. The molecule has 0 aromatic heterocycles. The van der Waals surface area contributed by atoms with Crippen molar-refractivity contribution in [2.45, 2.75) is 187 Å². The highest BCUT2D eigenvalue weighted by atomic mass is 31.2. The van der Waals surface area contributed by atoms with Gasteiger partial charge in [-0.1, -0.05) is 165 Å². The van der Waals surface area contributed by atoms with Gasteiger partial charge in [-0.15, -0.1) is 0 Å². The van der Waals surface area contributed by atoms with Gasteiger partial charge in [-0.25, -0.2) is 0 Å². The first-order chi connectivity index (χ1) is 25.5. The number of nitrogens with zero attached hydrogens (tertiary/aromatic N) is 1. The quantitative estimate of drug-likeness (QED) is 0.0280. The molecule has 8 nitrogen and oxygen atoms in total. The zero-order chi connectivity index (χ0) is 39.3. The van der Waals surface area contributed by atoms with Crippen LogP contribution in [0.4, 0.5) is 0 Å². The molecule has 53 heavy (non-hydrogen) atoms. The van der Waals surface area contributed by atoms with Crippen LogP contribution in [0.3, 0.4) is 0 Å². The first-order valence-electron chi connectivity index (χ1n) is 21.5. The van der Waals surface area contributed by atoms with Crippen LogP contribution in [0, 0.1) is 0 Å². The first-order valence-corrected chi connectivity index (χ1v) is 23.0. The van der Waals surface area contributed by atoms with Crippen LogP contribution < -0.4 is 10.2 Å². The number of carbonyl (C=O) groups is 1. The van der Waals surface area contributed by atoms with E-state index >= 15 is 0 Å². The third-order valence-corrected chi connectivity index (χ3v) is 10.3. The molecule has 9 heteroatoms.